The van der Waals surface area contributed by atoms with E-state index in [0.717, 1.165) is 12.0 Å². The van der Waals surface area contributed by atoms with Gasteiger partial charge in [-0.05, 0) is 42.8 Å². The molecule has 0 heterocycles. The minimum absolute atomic E-state index is 0.0719. The van der Waals surface area contributed by atoms with Crippen LogP contribution in [-0.2, 0) is 14.3 Å². The molecule has 0 radical (unpaired) electrons. The molecule has 146 valence electrons. The Bertz CT molecular complexity index is 855. The van der Waals surface area contributed by atoms with Crippen molar-refractivity contribution in [2.75, 3.05) is 19.0 Å². The lowest BCUT2D eigenvalue weighted by Crippen LogP contribution is -2.13. The third-order valence-corrected chi connectivity index (χ3v) is 3.85. The summed E-state index contributed by atoms with van der Waals surface area (Å²) in [5.74, 6) is -0.390. The molecule has 0 saturated carbocycles. The van der Waals surface area contributed by atoms with Crippen molar-refractivity contribution >= 4 is 29.4 Å². The molecular weight excluding hydrogens is 358 g/mol. The van der Waals surface area contributed by atoms with Crippen LogP contribution in [0.5, 0.6) is 5.75 Å². The molecular formula is C22H23NO5. The Hall–Kier alpha value is -3.41. The number of Topliss-reactive ketones (excluding diaryl/α,β-unsaturated/α-hetero) is 1. The number of amides is 1. The second kappa shape index (κ2) is 10.7. The first-order chi connectivity index (χ1) is 13.5. The van der Waals surface area contributed by atoms with E-state index in [0.29, 0.717) is 23.4 Å². The van der Waals surface area contributed by atoms with Crippen LogP contribution >= 0.6 is 0 Å². The number of hydrogen-bond acceptors (Lipinski definition) is 5. The van der Waals surface area contributed by atoms with Gasteiger partial charge in [-0.2, -0.15) is 0 Å². The highest BCUT2D eigenvalue weighted by Gasteiger charge is 2.09. The molecule has 0 fully saturated rings. The Balaban J connectivity index is 1.86. The second-order valence-corrected chi connectivity index (χ2v) is 5.98. The van der Waals surface area contributed by atoms with E-state index in [1.807, 2.05) is 19.1 Å². The smallest absolute Gasteiger partial charge is 0.331 e. The first-order valence-corrected chi connectivity index (χ1v) is 8.94. The summed E-state index contributed by atoms with van der Waals surface area (Å²) in [7, 11) is 1.55. The molecule has 6 heteroatoms. The quantitative estimate of drug-likeness (QED) is 0.405. The molecule has 2 aromatic carbocycles. The topological polar surface area (TPSA) is 81.7 Å². The maximum atomic E-state index is 12.2. The van der Waals surface area contributed by atoms with Crippen LogP contribution < -0.4 is 10.1 Å². The minimum atomic E-state index is -0.622. The van der Waals surface area contributed by atoms with Gasteiger partial charge in [-0.15, -0.1) is 0 Å². The van der Waals surface area contributed by atoms with E-state index in [4.69, 9.17) is 9.47 Å². The van der Waals surface area contributed by atoms with E-state index in [1.165, 1.54) is 6.08 Å². The van der Waals surface area contributed by atoms with E-state index >= 15 is 0 Å². The van der Waals surface area contributed by atoms with Gasteiger partial charge in [0.05, 0.1) is 7.11 Å². The van der Waals surface area contributed by atoms with E-state index in [-0.39, 0.29) is 18.3 Å². The standard InChI is InChI=1S/C22H23NO5/c1-3-6-21(25)23-18-12-9-16(10-13-18)19(24)15-28-22(26)14-11-17-7-4-5-8-20(17)27-2/h4-5,7-14H,3,6,15H2,1-2H3,(H,23,25)/b14-11+. The van der Waals surface area contributed by atoms with Gasteiger partial charge >= 0.3 is 5.97 Å². The second-order valence-electron chi connectivity index (χ2n) is 5.98. The van der Waals surface area contributed by atoms with Crippen LogP contribution in [0.2, 0.25) is 0 Å². The predicted molar refractivity (Wildman–Crippen MR) is 107 cm³/mol. The fourth-order valence-corrected chi connectivity index (χ4v) is 2.42. The van der Waals surface area contributed by atoms with Crippen LogP contribution in [0.15, 0.2) is 54.6 Å². The highest BCUT2D eigenvalue weighted by atomic mass is 16.5. The van der Waals surface area contributed by atoms with E-state index in [1.54, 1.807) is 49.6 Å². The molecule has 1 amide bonds. The summed E-state index contributed by atoms with van der Waals surface area (Å²) in [5, 5.41) is 2.75. The first kappa shape index (κ1) is 20.9. The SMILES string of the molecule is CCCC(=O)Nc1ccc(C(=O)COC(=O)/C=C/c2ccccc2OC)cc1. The summed E-state index contributed by atoms with van der Waals surface area (Å²) in [6.45, 7) is 1.56. The lowest BCUT2D eigenvalue weighted by Gasteiger charge is -2.06. The number of carbonyl (C=O) groups is 3. The van der Waals surface area contributed by atoms with Gasteiger partial charge in [-0.1, -0.05) is 25.1 Å². The lowest BCUT2D eigenvalue weighted by atomic mass is 10.1. The number of ether oxygens (including phenoxy) is 2. The van der Waals surface area contributed by atoms with Gasteiger partial charge in [0, 0.05) is 29.3 Å². The van der Waals surface area contributed by atoms with Gasteiger partial charge in [-0.3, -0.25) is 9.59 Å². The first-order valence-electron chi connectivity index (χ1n) is 8.94. The minimum Gasteiger partial charge on any atom is -0.496 e. The third-order valence-electron chi connectivity index (χ3n) is 3.85. The number of anilines is 1. The molecule has 28 heavy (non-hydrogen) atoms. The summed E-state index contributed by atoms with van der Waals surface area (Å²) in [5.41, 5.74) is 1.75. The molecule has 0 unspecified atom stereocenters. The number of nitrogens with one attached hydrogen (secondary N) is 1. The number of rotatable bonds is 9. The molecule has 0 aliphatic heterocycles. The Morgan fingerprint density at radius 2 is 1.75 bits per heavy atom. The Labute approximate surface area is 164 Å². The summed E-state index contributed by atoms with van der Waals surface area (Å²) in [4.78, 5) is 35.6. The monoisotopic (exact) mass is 381 g/mol. The van der Waals surface area contributed by atoms with Gasteiger partial charge < -0.3 is 14.8 Å². The van der Waals surface area contributed by atoms with Gasteiger partial charge in [-0.25, -0.2) is 4.79 Å². The Kier molecular flexibility index (Phi) is 7.96. The zero-order valence-corrected chi connectivity index (χ0v) is 15.9. The molecule has 0 spiro atoms. The zero-order chi connectivity index (χ0) is 20.4. The van der Waals surface area contributed by atoms with E-state index in [9.17, 15) is 14.4 Å². The van der Waals surface area contributed by atoms with Crippen molar-refractivity contribution in [3.63, 3.8) is 0 Å². The fourth-order valence-electron chi connectivity index (χ4n) is 2.42. The molecule has 0 saturated heterocycles. The van der Waals surface area contributed by atoms with Crippen molar-refractivity contribution in [2.45, 2.75) is 19.8 Å². The van der Waals surface area contributed by atoms with Gasteiger partial charge in [0.15, 0.2) is 12.4 Å². The number of carbonyl (C=O) groups excluding carboxylic acids is 3. The predicted octanol–water partition coefficient (Wildman–Crippen LogP) is 3.87. The summed E-state index contributed by atoms with van der Waals surface area (Å²) >= 11 is 0. The van der Waals surface area contributed by atoms with Crippen LogP contribution in [0.4, 0.5) is 5.69 Å². The third kappa shape index (κ3) is 6.39. The molecule has 0 bridgehead atoms. The van der Waals surface area contributed by atoms with Crippen LogP contribution in [0.1, 0.15) is 35.7 Å². The van der Waals surface area contributed by atoms with Crippen LogP contribution in [0.25, 0.3) is 6.08 Å². The highest BCUT2D eigenvalue weighted by Crippen LogP contribution is 2.18. The molecule has 2 aromatic rings. The maximum absolute atomic E-state index is 12.2. The Morgan fingerprint density at radius 1 is 1.04 bits per heavy atom. The van der Waals surface area contributed by atoms with Gasteiger partial charge in [0.25, 0.3) is 0 Å². The summed E-state index contributed by atoms with van der Waals surface area (Å²) in [6.07, 6.45) is 4.02. The molecule has 0 aromatic heterocycles. The van der Waals surface area contributed by atoms with Crippen molar-refractivity contribution in [2.24, 2.45) is 0 Å². The fraction of sp³-hybridized carbons (Fsp3) is 0.227. The van der Waals surface area contributed by atoms with E-state index in [2.05, 4.69) is 5.32 Å². The summed E-state index contributed by atoms with van der Waals surface area (Å²) in [6, 6.07) is 13.7. The average molecular weight is 381 g/mol. The molecule has 0 aliphatic rings. The molecule has 0 atom stereocenters. The number of para-hydroxylation sites is 1. The van der Waals surface area contributed by atoms with Crippen LogP contribution in [0.3, 0.4) is 0 Å². The molecule has 1 N–H and O–H groups in total. The van der Waals surface area contributed by atoms with Gasteiger partial charge in [0.1, 0.15) is 5.75 Å². The van der Waals surface area contributed by atoms with Crippen LogP contribution in [-0.4, -0.2) is 31.4 Å². The molecule has 0 aliphatic carbocycles. The van der Waals surface area contributed by atoms with Crippen LogP contribution in [0, 0.1) is 0 Å². The highest BCUT2D eigenvalue weighted by molar-refractivity contribution is 5.99. The van der Waals surface area contributed by atoms with Gasteiger partial charge in [0.2, 0.25) is 5.91 Å². The van der Waals surface area contributed by atoms with E-state index < -0.39 is 5.97 Å². The average Bonchev–Trinajstić information content (AvgIpc) is 2.71. The van der Waals surface area contributed by atoms with Crippen molar-refractivity contribution in [3.05, 3.63) is 65.7 Å². The van der Waals surface area contributed by atoms with Crippen molar-refractivity contribution in [1.82, 2.24) is 0 Å². The van der Waals surface area contributed by atoms with Crippen molar-refractivity contribution < 1.29 is 23.9 Å². The van der Waals surface area contributed by atoms with Crippen molar-refractivity contribution in [1.29, 1.82) is 0 Å². The molecule has 2 rings (SSSR count). The number of esters is 1. The normalized spacial score (nSPS) is 10.5. The molecule has 6 nitrogen and oxygen atoms in total. The zero-order valence-electron chi connectivity index (χ0n) is 15.9. The number of ketones is 1. The summed E-state index contributed by atoms with van der Waals surface area (Å²) < 4.78 is 10.2. The largest absolute Gasteiger partial charge is 0.496 e. The maximum Gasteiger partial charge on any atom is 0.331 e. The number of benzene rings is 2. The number of methoxy groups -OCH3 is 1. The lowest BCUT2D eigenvalue weighted by molar-refractivity contribution is -0.136. The number of hydrogen-bond donors (Lipinski definition) is 1. The Morgan fingerprint density at radius 3 is 2.43 bits per heavy atom. The van der Waals surface area contributed by atoms with Crippen molar-refractivity contribution in [3.8, 4) is 5.75 Å².